The maximum atomic E-state index is 14.7. The maximum Gasteiger partial charge on any atom is 0.339 e. The molecule has 1 amide bonds. The van der Waals surface area contributed by atoms with Crippen molar-refractivity contribution in [1.82, 2.24) is 14.7 Å². The van der Waals surface area contributed by atoms with Gasteiger partial charge in [0.25, 0.3) is 5.91 Å². The van der Waals surface area contributed by atoms with Crippen LogP contribution in [-0.4, -0.2) is 39.2 Å². The van der Waals surface area contributed by atoms with Gasteiger partial charge in [-0.1, -0.05) is 24.3 Å². The molecular weight excluding hydrogens is 411 g/mol. The molecule has 1 aliphatic rings. The Labute approximate surface area is 185 Å². The lowest BCUT2D eigenvalue weighted by molar-refractivity contribution is -0.133. The highest BCUT2D eigenvalue weighted by Gasteiger charge is 2.30. The van der Waals surface area contributed by atoms with E-state index in [2.05, 4.69) is 4.90 Å². The van der Waals surface area contributed by atoms with Crippen LogP contribution in [0.2, 0.25) is 0 Å². The lowest BCUT2D eigenvalue weighted by Gasteiger charge is -2.21. The number of nitrogens with zero attached hydrogens (tertiary/aromatic N) is 3. The van der Waals surface area contributed by atoms with Crippen LogP contribution in [-0.2, 0) is 29.2 Å². The smallest absolute Gasteiger partial charge is 0.339 e. The van der Waals surface area contributed by atoms with E-state index in [-0.39, 0.29) is 5.82 Å². The molecule has 0 saturated heterocycles. The zero-order valence-corrected chi connectivity index (χ0v) is 18.3. The first kappa shape index (κ1) is 21.7. The molecule has 0 aliphatic carbocycles. The fraction of sp³-hybridized carbons (Fsp3) is 0.292. The van der Waals surface area contributed by atoms with Gasteiger partial charge in [0.1, 0.15) is 5.82 Å². The quantitative estimate of drug-likeness (QED) is 0.600. The van der Waals surface area contributed by atoms with Crippen molar-refractivity contribution in [3.8, 4) is 11.3 Å². The Kier molecular flexibility index (Phi) is 5.56. The van der Waals surface area contributed by atoms with E-state index in [1.807, 2.05) is 13.1 Å². The number of rotatable bonds is 6. The van der Waals surface area contributed by atoms with Crippen molar-refractivity contribution < 1.29 is 18.7 Å². The van der Waals surface area contributed by atoms with Crippen molar-refractivity contribution in [2.75, 3.05) is 7.05 Å². The van der Waals surface area contributed by atoms with Crippen molar-refractivity contribution in [2.45, 2.75) is 39.1 Å². The molecule has 2 N–H and O–H groups in total. The van der Waals surface area contributed by atoms with Gasteiger partial charge in [-0.3, -0.25) is 14.4 Å². The number of carbonyl (C=O) groups excluding carboxylic acids is 2. The molecule has 0 bridgehead atoms. The molecular formula is C24H25FN4O3. The molecule has 8 heteroatoms. The molecule has 0 atom stereocenters. The molecule has 0 spiro atoms. The summed E-state index contributed by atoms with van der Waals surface area (Å²) < 4.78 is 21.7. The number of halogens is 1. The first-order valence-electron chi connectivity index (χ1n) is 10.3. The highest BCUT2D eigenvalue weighted by Crippen LogP contribution is 2.34. The second-order valence-electron chi connectivity index (χ2n) is 8.55. The fourth-order valence-corrected chi connectivity index (χ4v) is 3.80. The Morgan fingerprint density at radius 2 is 1.91 bits per heavy atom. The number of carbonyl (C=O) groups is 2. The van der Waals surface area contributed by atoms with Gasteiger partial charge >= 0.3 is 5.97 Å². The van der Waals surface area contributed by atoms with Gasteiger partial charge in [0, 0.05) is 24.2 Å². The van der Waals surface area contributed by atoms with Crippen LogP contribution in [0.15, 0.2) is 48.5 Å². The van der Waals surface area contributed by atoms with Gasteiger partial charge in [-0.25, -0.2) is 9.18 Å². The summed E-state index contributed by atoms with van der Waals surface area (Å²) in [4.78, 5) is 26.2. The Morgan fingerprint density at radius 1 is 1.16 bits per heavy atom. The number of hydrogen-bond donors (Lipinski definition) is 1. The third-order valence-corrected chi connectivity index (χ3v) is 5.55. The lowest BCUT2D eigenvalue weighted by Crippen LogP contribution is -2.42. The van der Waals surface area contributed by atoms with Crippen molar-refractivity contribution in [3.05, 3.63) is 76.7 Å². The van der Waals surface area contributed by atoms with Crippen LogP contribution in [0.25, 0.3) is 11.3 Å². The van der Waals surface area contributed by atoms with E-state index in [9.17, 15) is 14.0 Å². The van der Waals surface area contributed by atoms with E-state index in [1.165, 1.54) is 19.9 Å². The molecule has 3 aromatic rings. The molecule has 4 rings (SSSR count). The molecule has 2 heterocycles. The fourth-order valence-electron chi connectivity index (χ4n) is 3.80. The molecule has 2 aromatic carbocycles. The van der Waals surface area contributed by atoms with Crippen LogP contribution >= 0.6 is 0 Å². The zero-order valence-electron chi connectivity index (χ0n) is 18.3. The third-order valence-electron chi connectivity index (χ3n) is 5.55. The van der Waals surface area contributed by atoms with Gasteiger partial charge in [-0.2, -0.15) is 5.10 Å². The van der Waals surface area contributed by atoms with Crippen LogP contribution in [0.5, 0.6) is 0 Å². The molecule has 32 heavy (non-hydrogen) atoms. The molecule has 0 unspecified atom stereocenters. The molecule has 166 valence electrons. The standard InChI is InChI=1S/C24H25FN4O3/c1-24(2,23(26)31)32-22(30)16-8-6-7-15(11-16)12-29-21(17-9-4-5-10-19(17)25)18-13-28(3)14-20(18)27-29/h4-11H,12-14H2,1-3H3,(H2,26,31). The van der Waals surface area contributed by atoms with Gasteiger partial charge < -0.3 is 10.5 Å². The molecule has 1 aromatic heterocycles. The van der Waals surface area contributed by atoms with Crippen LogP contribution in [0.1, 0.15) is 41.0 Å². The van der Waals surface area contributed by atoms with E-state index in [4.69, 9.17) is 15.6 Å². The zero-order chi connectivity index (χ0) is 23.0. The van der Waals surface area contributed by atoms with Gasteiger partial charge in [0.05, 0.1) is 23.5 Å². The molecule has 0 radical (unpaired) electrons. The Hall–Kier alpha value is -3.52. The molecule has 0 fully saturated rings. The number of hydrogen-bond acceptors (Lipinski definition) is 5. The summed E-state index contributed by atoms with van der Waals surface area (Å²) in [6.45, 7) is 4.62. The summed E-state index contributed by atoms with van der Waals surface area (Å²) in [6, 6.07) is 13.5. The Morgan fingerprint density at radius 3 is 2.62 bits per heavy atom. The highest BCUT2D eigenvalue weighted by atomic mass is 19.1. The SMILES string of the molecule is CN1Cc2nn(Cc3cccc(C(=O)OC(C)(C)C(N)=O)c3)c(-c3ccccc3F)c2C1. The molecule has 0 saturated carbocycles. The van der Waals surface area contributed by atoms with Crippen molar-refractivity contribution in [1.29, 1.82) is 0 Å². The number of benzene rings is 2. The number of esters is 1. The van der Waals surface area contributed by atoms with Crippen LogP contribution in [0.4, 0.5) is 4.39 Å². The summed E-state index contributed by atoms with van der Waals surface area (Å²) in [5.41, 5.74) is 8.14. The van der Waals surface area contributed by atoms with E-state index in [0.717, 1.165) is 22.5 Å². The number of amides is 1. The second-order valence-corrected chi connectivity index (χ2v) is 8.55. The minimum atomic E-state index is -1.42. The predicted molar refractivity (Wildman–Crippen MR) is 117 cm³/mol. The second kappa shape index (κ2) is 8.20. The summed E-state index contributed by atoms with van der Waals surface area (Å²) in [7, 11) is 2.00. The number of ether oxygens (including phenoxy) is 1. The number of aromatic nitrogens is 2. The van der Waals surface area contributed by atoms with Gasteiger partial charge in [-0.15, -0.1) is 0 Å². The van der Waals surface area contributed by atoms with Gasteiger partial charge in [0.2, 0.25) is 0 Å². The Bertz CT molecular complexity index is 1200. The normalized spacial score (nSPS) is 13.8. The lowest BCUT2D eigenvalue weighted by atomic mass is 10.1. The van der Waals surface area contributed by atoms with Crippen molar-refractivity contribution in [3.63, 3.8) is 0 Å². The number of fused-ring (bicyclic) bond motifs is 1. The number of nitrogens with two attached hydrogens (primary N) is 1. The first-order valence-corrected chi connectivity index (χ1v) is 10.3. The van der Waals surface area contributed by atoms with E-state index in [0.29, 0.717) is 30.8 Å². The first-order chi connectivity index (χ1) is 15.2. The van der Waals surface area contributed by atoms with E-state index >= 15 is 0 Å². The highest BCUT2D eigenvalue weighted by molar-refractivity contribution is 5.93. The monoisotopic (exact) mass is 436 g/mol. The Balaban J connectivity index is 1.67. The molecule has 7 nitrogen and oxygen atoms in total. The summed E-state index contributed by atoms with van der Waals surface area (Å²) >= 11 is 0. The maximum absolute atomic E-state index is 14.7. The minimum Gasteiger partial charge on any atom is -0.446 e. The minimum absolute atomic E-state index is 0.295. The molecule has 1 aliphatic heterocycles. The van der Waals surface area contributed by atoms with Crippen molar-refractivity contribution in [2.24, 2.45) is 5.73 Å². The predicted octanol–water partition coefficient (Wildman–Crippen LogP) is 3.10. The van der Waals surface area contributed by atoms with Crippen LogP contribution in [0, 0.1) is 5.82 Å². The van der Waals surface area contributed by atoms with E-state index in [1.54, 1.807) is 41.1 Å². The van der Waals surface area contributed by atoms with Crippen LogP contribution in [0.3, 0.4) is 0 Å². The van der Waals surface area contributed by atoms with Crippen LogP contribution < -0.4 is 5.73 Å². The summed E-state index contributed by atoms with van der Waals surface area (Å²) in [6.07, 6.45) is 0. The summed E-state index contributed by atoms with van der Waals surface area (Å²) in [5, 5.41) is 4.74. The third kappa shape index (κ3) is 4.13. The van der Waals surface area contributed by atoms with Crippen molar-refractivity contribution >= 4 is 11.9 Å². The van der Waals surface area contributed by atoms with E-state index < -0.39 is 17.5 Å². The van der Waals surface area contributed by atoms with Gasteiger partial charge in [0.15, 0.2) is 5.60 Å². The number of primary amides is 1. The topological polar surface area (TPSA) is 90.4 Å². The van der Waals surface area contributed by atoms with Gasteiger partial charge in [-0.05, 0) is 50.7 Å². The average Bonchev–Trinajstić information content (AvgIpc) is 3.23. The largest absolute Gasteiger partial charge is 0.446 e. The summed E-state index contributed by atoms with van der Waals surface area (Å²) in [5.74, 6) is -1.68. The average molecular weight is 436 g/mol.